The van der Waals surface area contributed by atoms with Crippen molar-refractivity contribution >= 4 is 11.4 Å². The van der Waals surface area contributed by atoms with Gasteiger partial charge in [-0.15, -0.1) is 0 Å². The molecule has 2 heterocycles. The molecule has 2 aliphatic rings. The molecule has 2 aliphatic heterocycles. The van der Waals surface area contributed by atoms with E-state index in [1.807, 2.05) is 17.0 Å². The average molecular weight is 294 g/mol. The summed E-state index contributed by atoms with van der Waals surface area (Å²) in [4.78, 5) is 2.04. The Labute approximate surface area is 125 Å². The molecule has 116 valence electrons. The summed E-state index contributed by atoms with van der Waals surface area (Å²) in [5.41, 5.74) is 1.53. The number of benzene rings is 1. The summed E-state index contributed by atoms with van der Waals surface area (Å²) in [6, 6.07) is 5.43. The molecule has 0 unspecified atom stereocenters. The molecule has 4 nitrogen and oxygen atoms in total. The number of hydrogen-bond acceptors (Lipinski definition) is 4. The van der Waals surface area contributed by atoms with Gasteiger partial charge >= 0.3 is 0 Å². The van der Waals surface area contributed by atoms with Crippen LogP contribution in [0.25, 0.3) is 0 Å². The smallest absolute Gasteiger partial charge is 0.148 e. The number of nitrogens with zero attached hydrogens (tertiary/aromatic N) is 1. The lowest BCUT2D eigenvalue weighted by molar-refractivity contribution is 0.0699. The van der Waals surface area contributed by atoms with Crippen molar-refractivity contribution in [1.29, 1.82) is 0 Å². The normalized spacial score (nSPS) is 20.5. The van der Waals surface area contributed by atoms with Gasteiger partial charge in [-0.05, 0) is 37.0 Å². The Morgan fingerprint density at radius 1 is 1.10 bits per heavy atom. The summed E-state index contributed by atoms with van der Waals surface area (Å²) in [6.45, 7) is 5.43. The van der Waals surface area contributed by atoms with Gasteiger partial charge in [-0.1, -0.05) is 0 Å². The van der Waals surface area contributed by atoms with Crippen molar-refractivity contribution in [1.82, 2.24) is 0 Å². The van der Waals surface area contributed by atoms with Crippen molar-refractivity contribution in [2.45, 2.75) is 12.8 Å². The first-order chi connectivity index (χ1) is 10.3. The van der Waals surface area contributed by atoms with Gasteiger partial charge in [0.2, 0.25) is 0 Å². The second kappa shape index (κ2) is 7.09. The van der Waals surface area contributed by atoms with E-state index < -0.39 is 0 Å². The molecule has 0 saturated carbocycles. The Kier molecular flexibility index (Phi) is 4.93. The van der Waals surface area contributed by atoms with Crippen LogP contribution in [-0.2, 0) is 9.47 Å². The highest BCUT2D eigenvalue weighted by Gasteiger charge is 2.16. The lowest BCUT2D eigenvalue weighted by Gasteiger charge is -2.29. The molecular weight excluding hydrogens is 271 g/mol. The number of ether oxygens (including phenoxy) is 2. The summed E-state index contributed by atoms with van der Waals surface area (Å²) < 4.78 is 24.9. The first-order valence-corrected chi connectivity index (χ1v) is 7.77. The standard InChI is InChI=1S/C16H23FN2O2/c17-15-11-14(18-12-13-3-7-20-8-4-13)1-2-16(15)19-5-9-21-10-6-19/h1-2,11,13,18H,3-10,12H2. The van der Waals surface area contributed by atoms with Gasteiger partial charge in [0.15, 0.2) is 0 Å². The fraction of sp³-hybridized carbons (Fsp3) is 0.625. The summed E-state index contributed by atoms with van der Waals surface area (Å²) in [6.07, 6.45) is 2.17. The number of hydrogen-bond donors (Lipinski definition) is 1. The van der Waals surface area contributed by atoms with Crippen molar-refractivity contribution in [3.8, 4) is 0 Å². The van der Waals surface area contributed by atoms with E-state index in [1.54, 1.807) is 6.07 Å². The van der Waals surface area contributed by atoms with Gasteiger partial charge in [-0.2, -0.15) is 0 Å². The fourth-order valence-electron chi connectivity index (χ4n) is 2.89. The van der Waals surface area contributed by atoms with Crippen LogP contribution in [0.4, 0.5) is 15.8 Å². The molecule has 5 heteroatoms. The molecule has 0 aromatic heterocycles. The summed E-state index contributed by atoms with van der Waals surface area (Å²) in [5, 5.41) is 3.35. The Morgan fingerprint density at radius 2 is 1.81 bits per heavy atom. The fourth-order valence-corrected chi connectivity index (χ4v) is 2.89. The predicted molar refractivity (Wildman–Crippen MR) is 81.5 cm³/mol. The first kappa shape index (κ1) is 14.6. The van der Waals surface area contributed by atoms with Crippen molar-refractivity contribution in [2.75, 3.05) is 56.3 Å². The maximum absolute atomic E-state index is 14.3. The van der Waals surface area contributed by atoms with Crippen LogP contribution in [0.5, 0.6) is 0 Å². The molecule has 2 fully saturated rings. The quantitative estimate of drug-likeness (QED) is 0.925. The van der Waals surface area contributed by atoms with E-state index in [-0.39, 0.29) is 5.82 Å². The molecule has 0 atom stereocenters. The molecule has 0 amide bonds. The van der Waals surface area contributed by atoms with Gasteiger partial charge in [0.05, 0.1) is 18.9 Å². The van der Waals surface area contributed by atoms with Crippen LogP contribution in [0.1, 0.15) is 12.8 Å². The number of halogens is 1. The minimum Gasteiger partial charge on any atom is -0.385 e. The zero-order valence-electron chi connectivity index (χ0n) is 12.3. The molecule has 1 aromatic carbocycles. The molecule has 0 spiro atoms. The highest BCUT2D eigenvalue weighted by molar-refractivity contribution is 5.56. The monoisotopic (exact) mass is 294 g/mol. The molecule has 0 bridgehead atoms. The largest absolute Gasteiger partial charge is 0.385 e. The SMILES string of the molecule is Fc1cc(NCC2CCOCC2)ccc1N1CCOCC1. The van der Waals surface area contributed by atoms with E-state index in [2.05, 4.69) is 5.32 Å². The van der Waals surface area contributed by atoms with E-state index in [1.165, 1.54) is 0 Å². The Morgan fingerprint density at radius 3 is 2.52 bits per heavy atom. The van der Waals surface area contributed by atoms with E-state index in [0.717, 1.165) is 51.4 Å². The zero-order valence-corrected chi connectivity index (χ0v) is 12.3. The number of anilines is 2. The first-order valence-electron chi connectivity index (χ1n) is 7.77. The molecule has 3 rings (SSSR count). The molecule has 21 heavy (non-hydrogen) atoms. The third-order valence-electron chi connectivity index (χ3n) is 4.24. The van der Waals surface area contributed by atoms with Gasteiger partial charge < -0.3 is 19.7 Å². The third-order valence-corrected chi connectivity index (χ3v) is 4.24. The number of morpholine rings is 1. The van der Waals surface area contributed by atoms with Gasteiger partial charge in [-0.25, -0.2) is 4.39 Å². The average Bonchev–Trinajstić information content (AvgIpc) is 2.55. The van der Waals surface area contributed by atoms with Crippen molar-refractivity contribution < 1.29 is 13.9 Å². The van der Waals surface area contributed by atoms with E-state index >= 15 is 0 Å². The van der Waals surface area contributed by atoms with Crippen molar-refractivity contribution in [3.05, 3.63) is 24.0 Å². The second-order valence-electron chi connectivity index (χ2n) is 5.70. The van der Waals surface area contributed by atoms with E-state index in [9.17, 15) is 4.39 Å². The molecule has 0 aliphatic carbocycles. The summed E-state index contributed by atoms with van der Waals surface area (Å²) in [5.74, 6) is 0.467. The van der Waals surface area contributed by atoms with Gasteiger partial charge in [0.1, 0.15) is 5.82 Å². The molecular formula is C16H23FN2O2. The third kappa shape index (κ3) is 3.86. The van der Waals surface area contributed by atoms with Gasteiger partial charge in [-0.3, -0.25) is 0 Å². The Bertz CT molecular complexity index is 458. The lowest BCUT2D eigenvalue weighted by atomic mass is 10.0. The summed E-state index contributed by atoms with van der Waals surface area (Å²) >= 11 is 0. The predicted octanol–water partition coefficient (Wildman–Crippen LogP) is 2.50. The maximum atomic E-state index is 14.3. The van der Waals surface area contributed by atoms with E-state index in [0.29, 0.717) is 24.8 Å². The van der Waals surface area contributed by atoms with Crippen molar-refractivity contribution in [2.24, 2.45) is 5.92 Å². The maximum Gasteiger partial charge on any atom is 0.148 e. The highest BCUT2D eigenvalue weighted by Crippen LogP contribution is 2.24. The van der Waals surface area contributed by atoms with Crippen LogP contribution in [-0.4, -0.2) is 46.1 Å². The molecule has 2 saturated heterocycles. The zero-order chi connectivity index (χ0) is 14.5. The van der Waals surface area contributed by atoms with Crippen LogP contribution in [0.2, 0.25) is 0 Å². The Balaban J connectivity index is 1.58. The van der Waals surface area contributed by atoms with Crippen molar-refractivity contribution in [3.63, 3.8) is 0 Å². The van der Waals surface area contributed by atoms with Crippen LogP contribution >= 0.6 is 0 Å². The topological polar surface area (TPSA) is 33.7 Å². The van der Waals surface area contributed by atoms with E-state index in [4.69, 9.17) is 9.47 Å². The van der Waals surface area contributed by atoms with Gasteiger partial charge in [0.25, 0.3) is 0 Å². The lowest BCUT2D eigenvalue weighted by Crippen LogP contribution is -2.36. The summed E-state index contributed by atoms with van der Waals surface area (Å²) in [7, 11) is 0. The number of rotatable bonds is 4. The second-order valence-corrected chi connectivity index (χ2v) is 5.70. The molecule has 1 N–H and O–H groups in total. The molecule has 0 radical (unpaired) electrons. The van der Waals surface area contributed by atoms with Crippen LogP contribution in [0.15, 0.2) is 18.2 Å². The van der Waals surface area contributed by atoms with Crippen LogP contribution in [0, 0.1) is 11.7 Å². The van der Waals surface area contributed by atoms with Crippen LogP contribution in [0.3, 0.4) is 0 Å². The molecule has 1 aromatic rings. The van der Waals surface area contributed by atoms with Crippen LogP contribution < -0.4 is 10.2 Å². The highest BCUT2D eigenvalue weighted by atomic mass is 19.1. The minimum absolute atomic E-state index is 0.158. The number of nitrogens with one attached hydrogen (secondary N) is 1. The minimum atomic E-state index is -0.158. The van der Waals surface area contributed by atoms with Gasteiger partial charge in [0, 0.05) is 38.5 Å². The Hall–Kier alpha value is -1.33.